The molecule has 11 heteroatoms. The number of thiazole rings is 1. The number of morpholine rings is 1. The first kappa shape index (κ1) is 21.2. The van der Waals surface area contributed by atoms with Crippen LogP contribution in [0.3, 0.4) is 0 Å². The van der Waals surface area contributed by atoms with Crippen LogP contribution in [0.15, 0.2) is 35.2 Å². The van der Waals surface area contributed by atoms with E-state index in [0.29, 0.717) is 36.9 Å². The van der Waals surface area contributed by atoms with Gasteiger partial charge in [0.1, 0.15) is 4.88 Å². The standard InChI is InChI=1S/C18H22N4O5S2/c1-13-16(28-18(19-13)22-8-10-27-11-9-22)17(24)21-20-15(23)7-12-29(25,26)14-5-3-2-4-6-14/h2-6H,7-12H2,1H3,(H,20,23)(H,21,24). The molecular formula is C18H22N4O5S2. The van der Waals surface area contributed by atoms with Crippen molar-refractivity contribution in [1.82, 2.24) is 15.8 Å². The van der Waals surface area contributed by atoms with Crippen molar-refractivity contribution in [3.8, 4) is 0 Å². The highest BCUT2D eigenvalue weighted by atomic mass is 32.2. The second kappa shape index (κ2) is 9.33. The van der Waals surface area contributed by atoms with Gasteiger partial charge in [0.25, 0.3) is 5.91 Å². The zero-order valence-electron chi connectivity index (χ0n) is 15.9. The molecule has 1 aliphatic heterocycles. The number of benzene rings is 1. The maximum Gasteiger partial charge on any atom is 0.281 e. The average Bonchev–Trinajstić information content (AvgIpc) is 3.13. The molecule has 0 atom stereocenters. The van der Waals surface area contributed by atoms with Crippen LogP contribution >= 0.6 is 11.3 Å². The van der Waals surface area contributed by atoms with Crippen molar-refractivity contribution < 1.29 is 22.7 Å². The van der Waals surface area contributed by atoms with Gasteiger partial charge in [-0.3, -0.25) is 20.4 Å². The number of aromatic nitrogens is 1. The minimum atomic E-state index is -3.56. The van der Waals surface area contributed by atoms with Crippen molar-refractivity contribution in [1.29, 1.82) is 0 Å². The number of anilines is 1. The number of aryl methyl sites for hydroxylation is 1. The molecule has 2 N–H and O–H groups in total. The van der Waals surface area contributed by atoms with E-state index in [-0.39, 0.29) is 17.1 Å². The first-order valence-corrected chi connectivity index (χ1v) is 11.5. The van der Waals surface area contributed by atoms with E-state index < -0.39 is 21.7 Å². The fourth-order valence-electron chi connectivity index (χ4n) is 2.70. The van der Waals surface area contributed by atoms with E-state index in [1.807, 2.05) is 4.90 Å². The summed E-state index contributed by atoms with van der Waals surface area (Å²) in [5, 5.41) is 0.733. The predicted molar refractivity (Wildman–Crippen MR) is 109 cm³/mol. The fraction of sp³-hybridized carbons (Fsp3) is 0.389. The van der Waals surface area contributed by atoms with E-state index in [0.717, 1.165) is 5.13 Å². The van der Waals surface area contributed by atoms with Gasteiger partial charge in [-0.05, 0) is 19.1 Å². The van der Waals surface area contributed by atoms with Crippen molar-refractivity contribution in [3.63, 3.8) is 0 Å². The summed E-state index contributed by atoms with van der Waals surface area (Å²) >= 11 is 1.24. The highest BCUT2D eigenvalue weighted by molar-refractivity contribution is 7.91. The number of amides is 2. The molecule has 2 heterocycles. The summed E-state index contributed by atoms with van der Waals surface area (Å²) in [6.45, 7) is 4.37. The molecule has 0 saturated carbocycles. The lowest BCUT2D eigenvalue weighted by Crippen LogP contribution is -2.42. The summed E-state index contributed by atoms with van der Waals surface area (Å²) in [6, 6.07) is 7.92. The minimum absolute atomic E-state index is 0.160. The molecule has 0 unspecified atom stereocenters. The lowest BCUT2D eigenvalue weighted by Gasteiger charge is -2.25. The van der Waals surface area contributed by atoms with Crippen LogP contribution in [0.1, 0.15) is 21.8 Å². The molecule has 0 aliphatic carbocycles. The lowest BCUT2D eigenvalue weighted by molar-refractivity contribution is -0.121. The Morgan fingerprint density at radius 2 is 1.86 bits per heavy atom. The van der Waals surface area contributed by atoms with Gasteiger partial charge in [0, 0.05) is 19.5 Å². The molecule has 1 fully saturated rings. The summed E-state index contributed by atoms with van der Waals surface area (Å²) in [4.78, 5) is 31.4. The summed E-state index contributed by atoms with van der Waals surface area (Å²) in [5.74, 6) is -1.42. The quantitative estimate of drug-likeness (QED) is 0.644. The normalized spacial score (nSPS) is 14.4. The molecule has 0 bridgehead atoms. The molecule has 3 rings (SSSR count). The van der Waals surface area contributed by atoms with Crippen LogP contribution in [0.25, 0.3) is 0 Å². The van der Waals surface area contributed by atoms with Gasteiger partial charge in [-0.2, -0.15) is 0 Å². The number of nitrogens with zero attached hydrogens (tertiary/aromatic N) is 2. The maximum atomic E-state index is 12.4. The van der Waals surface area contributed by atoms with Gasteiger partial charge in [0.15, 0.2) is 15.0 Å². The Bertz CT molecular complexity index is 969. The molecule has 0 spiro atoms. The zero-order valence-corrected chi connectivity index (χ0v) is 17.5. The van der Waals surface area contributed by atoms with E-state index in [1.165, 1.54) is 23.5 Å². The molecule has 2 aromatic rings. The Morgan fingerprint density at radius 1 is 1.17 bits per heavy atom. The van der Waals surface area contributed by atoms with E-state index in [4.69, 9.17) is 4.74 Å². The van der Waals surface area contributed by atoms with E-state index in [2.05, 4.69) is 15.8 Å². The number of hydrazine groups is 1. The first-order valence-electron chi connectivity index (χ1n) is 9.04. The molecule has 156 valence electrons. The molecule has 1 aromatic heterocycles. The van der Waals surface area contributed by atoms with Gasteiger partial charge in [-0.1, -0.05) is 29.5 Å². The van der Waals surface area contributed by atoms with Crippen molar-refractivity contribution in [2.24, 2.45) is 0 Å². The van der Waals surface area contributed by atoms with Crippen LogP contribution in [0.2, 0.25) is 0 Å². The minimum Gasteiger partial charge on any atom is -0.378 e. The van der Waals surface area contributed by atoms with Crippen LogP contribution in [0, 0.1) is 6.92 Å². The zero-order chi connectivity index (χ0) is 20.9. The van der Waals surface area contributed by atoms with Crippen LogP contribution < -0.4 is 15.8 Å². The Hall–Kier alpha value is -2.50. The summed E-state index contributed by atoms with van der Waals surface area (Å²) in [7, 11) is -3.56. The van der Waals surface area contributed by atoms with Crippen molar-refractivity contribution in [2.75, 3.05) is 37.0 Å². The smallest absolute Gasteiger partial charge is 0.281 e. The third kappa shape index (κ3) is 5.52. The van der Waals surface area contributed by atoms with Crippen LogP contribution in [-0.2, 0) is 19.4 Å². The van der Waals surface area contributed by atoms with Crippen molar-refractivity contribution in [2.45, 2.75) is 18.2 Å². The topological polar surface area (TPSA) is 118 Å². The molecule has 29 heavy (non-hydrogen) atoms. The number of rotatable bonds is 6. The molecule has 1 aromatic carbocycles. The lowest BCUT2D eigenvalue weighted by atomic mass is 10.4. The van der Waals surface area contributed by atoms with Gasteiger partial charge < -0.3 is 9.64 Å². The van der Waals surface area contributed by atoms with Gasteiger partial charge in [0.05, 0.1) is 29.6 Å². The number of carbonyl (C=O) groups excluding carboxylic acids is 2. The number of hydrogen-bond acceptors (Lipinski definition) is 8. The third-order valence-electron chi connectivity index (χ3n) is 4.29. The van der Waals surface area contributed by atoms with E-state index in [9.17, 15) is 18.0 Å². The van der Waals surface area contributed by atoms with Gasteiger partial charge in [-0.15, -0.1) is 0 Å². The van der Waals surface area contributed by atoms with Crippen LogP contribution in [-0.4, -0.2) is 57.3 Å². The van der Waals surface area contributed by atoms with E-state index in [1.54, 1.807) is 25.1 Å². The van der Waals surface area contributed by atoms with E-state index >= 15 is 0 Å². The second-order valence-electron chi connectivity index (χ2n) is 6.39. The van der Waals surface area contributed by atoms with Gasteiger partial charge in [0.2, 0.25) is 5.91 Å². The number of nitrogens with one attached hydrogen (secondary N) is 2. The molecule has 9 nitrogen and oxygen atoms in total. The number of hydrogen-bond donors (Lipinski definition) is 2. The fourth-order valence-corrected chi connectivity index (χ4v) is 4.98. The maximum absolute atomic E-state index is 12.4. The second-order valence-corrected chi connectivity index (χ2v) is 9.48. The molecule has 2 amide bonds. The van der Waals surface area contributed by atoms with Gasteiger partial charge >= 0.3 is 0 Å². The Kier molecular flexibility index (Phi) is 6.83. The summed E-state index contributed by atoms with van der Waals surface area (Å²) in [5.41, 5.74) is 5.15. The number of ether oxygens (including phenoxy) is 1. The molecule has 1 aliphatic rings. The summed E-state index contributed by atoms with van der Waals surface area (Å²) < 4.78 is 29.7. The van der Waals surface area contributed by atoms with Crippen molar-refractivity contribution in [3.05, 3.63) is 40.9 Å². The Labute approximate surface area is 173 Å². The highest BCUT2D eigenvalue weighted by Gasteiger charge is 2.21. The molecule has 1 saturated heterocycles. The number of carbonyl (C=O) groups is 2. The predicted octanol–water partition coefficient (Wildman–Crippen LogP) is 0.913. The molecular weight excluding hydrogens is 416 g/mol. The third-order valence-corrected chi connectivity index (χ3v) is 7.24. The average molecular weight is 439 g/mol. The van der Waals surface area contributed by atoms with Crippen LogP contribution in [0.4, 0.5) is 5.13 Å². The summed E-state index contributed by atoms with van der Waals surface area (Å²) in [6.07, 6.45) is -0.266. The number of sulfone groups is 1. The van der Waals surface area contributed by atoms with Crippen molar-refractivity contribution >= 4 is 38.1 Å². The van der Waals surface area contributed by atoms with Crippen LogP contribution in [0.5, 0.6) is 0 Å². The Morgan fingerprint density at radius 3 is 2.55 bits per heavy atom. The SMILES string of the molecule is Cc1nc(N2CCOCC2)sc1C(=O)NNC(=O)CCS(=O)(=O)c1ccccc1. The monoisotopic (exact) mass is 438 g/mol. The Balaban J connectivity index is 1.51. The first-order chi connectivity index (χ1) is 13.9. The largest absolute Gasteiger partial charge is 0.378 e. The molecule has 0 radical (unpaired) electrons. The highest BCUT2D eigenvalue weighted by Crippen LogP contribution is 2.26. The van der Waals surface area contributed by atoms with Gasteiger partial charge in [-0.25, -0.2) is 13.4 Å².